The lowest BCUT2D eigenvalue weighted by Gasteiger charge is -2.46. The lowest BCUT2D eigenvalue weighted by molar-refractivity contribution is -0.0561. The summed E-state index contributed by atoms with van der Waals surface area (Å²) in [5, 5.41) is 13.0. The van der Waals surface area contributed by atoms with Crippen LogP contribution in [0.15, 0.2) is 92.2 Å². The van der Waals surface area contributed by atoms with Gasteiger partial charge in [0.25, 0.3) is 19.4 Å². The number of hydrogen-bond acceptors (Lipinski definition) is 9. The maximum Gasteiger partial charge on any atom is 0.330 e. The predicted octanol–water partition coefficient (Wildman–Crippen LogP) is 2.91. The third-order valence-corrected chi connectivity index (χ3v) is 16.3. The first-order valence-corrected chi connectivity index (χ1v) is 20.2. The minimum atomic E-state index is -3.12. The minimum Gasteiger partial charge on any atom is -0.401 e. The molecule has 4 heterocycles. The monoisotopic (exact) mass is 734 g/mol. The molecule has 272 valence electrons. The number of H-pyrrole nitrogens is 2. The molecule has 6 rings (SSSR count). The quantitative estimate of drug-likeness (QED) is 0.209. The molecule has 7 atom stereocenters. The average Bonchev–Trinajstić information content (AvgIpc) is 3.66. The Morgan fingerprint density at radius 1 is 0.922 bits per heavy atom. The van der Waals surface area contributed by atoms with Crippen LogP contribution in [0.4, 0.5) is 0 Å². The number of aromatic nitrogens is 4. The van der Waals surface area contributed by atoms with Gasteiger partial charge in [-0.3, -0.25) is 19.1 Å². The molecule has 2 aromatic heterocycles. The van der Waals surface area contributed by atoms with E-state index in [2.05, 4.69) is 61.9 Å². The normalized spacial score (nSPS) is 24.5. The lowest BCUT2D eigenvalue weighted by atomic mass is 10.00. The van der Waals surface area contributed by atoms with Crippen LogP contribution in [0.3, 0.4) is 0 Å². The molecule has 0 aliphatic carbocycles. The van der Waals surface area contributed by atoms with E-state index in [1.807, 2.05) is 36.4 Å². The van der Waals surface area contributed by atoms with Crippen LogP contribution in [0.2, 0.25) is 5.04 Å². The van der Waals surface area contributed by atoms with Gasteiger partial charge in [0.15, 0.2) is 0 Å². The van der Waals surface area contributed by atoms with Crippen LogP contribution in [0, 0.1) is 19.8 Å². The van der Waals surface area contributed by atoms with E-state index in [9.17, 15) is 24.3 Å². The highest BCUT2D eigenvalue weighted by Crippen LogP contribution is 2.43. The van der Waals surface area contributed by atoms with E-state index in [4.69, 9.17) is 13.9 Å². The molecular formula is C37H46N4O8SSi. The molecule has 3 unspecified atom stereocenters. The Hall–Kier alpha value is -3.79. The zero-order valence-corrected chi connectivity index (χ0v) is 31.5. The fraction of sp³-hybridized carbons (Fsp3) is 0.459. The second-order valence-electron chi connectivity index (χ2n) is 14.6. The number of aryl methyl sites for hydroxylation is 2. The highest BCUT2D eigenvalue weighted by atomic mass is 32.2. The highest BCUT2D eigenvalue weighted by Gasteiger charge is 2.54. The van der Waals surface area contributed by atoms with Crippen LogP contribution in [0.25, 0.3) is 0 Å². The molecular weight excluding hydrogens is 689 g/mol. The largest absolute Gasteiger partial charge is 0.401 e. The molecule has 14 heteroatoms. The van der Waals surface area contributed by atoms with E-state index in [0.717, 1.165) is 14.9 Å². The summed E-state index contributed by atoms with van der Waals surface area (Å²) in [4.78, 5) is 55.6. The van der Waals surface area contributed by atoms with Gasteiger partial charge in [0, 0.05) is 35.7 Å². The Morgan fingerprint density at radius 3 is 2.16 bits per heavy atom. The van der Waals surface area contributed by atoms with Crippen LogP contribution in [-0.4, -0.2) is 62.0 Å². The molecule has 2 aliphatic rings. The van der Waals surface area contributed by atoms with E-state index in [1.165, 1.54) is 28.7 Å². The number of hydrogen-bond donors (Lipinski definition) is 3. The molecule has 2 saturated heterocycles. The van der Waals surface area contributed by atoms with Crippen LogP contribution in [0.1, 0.15) is 64.1 Å². The summed E-state index contributed by atoms with van der Waals surface area (Å²) < 4.78 is 23.0. The minimum absolute atomic E-state index is 0.0652. The Morgan fingerprint density at radius 2 is 1.55 bits per heavy atom. The number of nitrogens with one attached hydrogen (secondary N) is 2. The van der Waals surface area contributed by atoms with Gasteiger partial charge in [-0.05, 0) is 41.6 Å². The Kier molecular flexibility index (Phi) is 10.6. The standard InChI is InChI=1S/C37H46N4O8SSi/c1-22-17-29(40-20-24(3)32(43)39-36(40)46)47-31(22)28(21-50-34-27(42)18-30(48-34)41-33(44)23(2)19-38-35(41)45)49-51(37(4,5)6,25-13-9-7-10-14-25)26-15-11-8-12-16-26/h7-16,19-20,22,27-31,34,42H,17-18,21H2,1-6H3,(H,38,45)(H,39,43,46)/t22-,27?,28?,29+,30?,31-,34-/m0/s1. The van der Waals surface area contributed by atoms with Gasteiger partial charge in [0.2, 0.25) is 0 Å². The van der Waals surface area contributed by atoms with E-state index in [1.54, 1.807) is 13.8 Å². The van der Waals surface area contributed by atoms with Gasteiger partial charge < -0.3 is 24.0 Å². The number of aliphatic hydroxyl groups is 1. The van der Waals surface area contributed by atoms with Crippen molar-refractivity contribution in [3.8, 4) is 0 Å². The Bertz CT molecular complexity index is 2040. The molecule has 0 saturated carbocycles. The van der Waals surface area contributed by atoms with Crippen molar-refractivity contribution in [3.05, 3.63) is 126 Å². The predicted molar refractivity (Wildman–Crippen MR) is 199 cm³/mol. The zero-order valence-electron chi connectivity index (χ0n) is 29.7. The van der Waals surface area contributed by atoms with E-state index in [-0.39, 0.29) is 17.4 Å². The summed E-state index contributed by atoms with van der Waals surface area (Å²) in [6.45, 7) is 11.9. The summed E-state index contributed by atoms with van der Waals surface area (Å²) >= 11 is 1.35. The number of nitrogens with zero attached hydrogens (tertiary/aromatic N) is 2. The summed E-state index contributed by atoms with van der Waals surface area (Å²) in [6.07, 6.45) is -0.108. The van der Waals surface area contributed by atoms with Gasteiger partial charge in [-0.2, -0.15) is 0 Å². The van der Waals surface area contributed by atoms with Crippen molar-refractivity contribution >= 4 is 30.5 Å². The first-order chi connectivity index (χ1) is 24.2. The number of rotatable bonds is 10. The van der Waals surface area contributed by atoms with Crippen molar-refractivity contribution in [1.82, 2.24) is 19.1 Å². The van der Waals surface area contributed by atoms with Gasteiger partial charge in [-0.25, -0.2) is 14.2 Å². The molecule has 51 heavy (non-hydrogen) atoms. The number of ether oxygens (including phenoxy) is 2. The molecule has 4 aromatic rings. The summed E-state index contributed by atoms with van der Waals surface area (Å²) in [7, 11) is -3.12. The fourth-order valence-corrected chi connectivity index (χ4v) is 13.3. The van der Waals surface area contributed by atoms with Crippen molar-refractivity contribution in [2.75, 3.05) is 5.75 Å². The fourth-order valence-electron chi connectivity index (χ4n) is 7.34. The summed E-state index contributed by atoms with van der Waals surface area (Å²) in [5.41, 5.74) is -2.05. The molecule has 12 nitrogen and oxygen atoms in total. The first-order valence-electron chi connectivity index (χ1n) is 17.2. The van der Waals surface area contributed by atoms with Gasteiger partial charge in [-0.15, -0.1) is 11.8 Å². The van der Waals surface area contributed by atoms with E-state index in [0.29, 0.717) is 23.3 Å². The van der Waals surface area contributed by atoms with Gasteiger partial charge in [0.1, 0.15) is 17.9 Å². The van der Waals surface area contributed by atoms with Crippen LogP contribution in [0.5, 0.6) is 0 Å². The van der Waals surface area contributed by atoms with Gasteiger partial charge in [0.05, 0.1) is 18.3 Å². The number of thioether (sulfide) groups is 1. The maximum absolute atomic E-state index is 13.0. The van der Waals surface area contributed by atoms with Crippen molar-refractivity contribution in [2.45, 2.75) is 95.6 Å². The third-order valence-electron chi connectivity index (χ3n) is 9.96. The number of aromatic amines is 2. The zero-order chi connectivity index (χ0) is 36.7. The van der Waals surface area contributed by atoms with Crippen LogP contribution >= 0.6 is 11.8 Å². The number of aliphatic hydroxyl groups excluding tert-OH is 1. The summed E-state index contributed by atoms with van der Waals surface area (Å²) in [5.74, 6) is 0.267. The first kappa shape index (κ1) is 37.0. The second kappa shape index (κ2) is 14.7. The molecule has 2 aromatic carbocycles. The molecule has 3 N–H and O–H groups in total. The second-order valence-corrected chi connectivity index (χ2v) is 20.0. The molecule has 2 fully saturated rings. The van der Waals surface area contributed by atoms with Gasteiger partial charge >= 0.3 is 11.4 Å². The smallest absolute Gasteiger partial charge is 0.330 e. The number of benzene rings is 2. The topological polar surface area (TPSA) is 158 Å². The van der Waals surface area contributed by atoms with Crippen molar-refractivity contribution in [3.63, 3.8) is 0 Å². The average molecular weight is 735 g/mol. The van der Waals surface area contributed by atoms with Crippen LogP contribution < -0.4 is 32.9 Å². The third kappa shape index (κ3) is 7.17. The highest BCUT2D eigenvalue weighted by molar-refractivity contribution is 7.99. The molecule has 0 amide bonds. The van der Waals surface area contributed by atoms with E-state index < -0.39 is 67.0 Å². The Labute approximate surface area is 301 Å². The van der Waals surface area contributed by atoms with Gasteiger partial charge in [-0.1, -0.05) is 88.4 Å². The molecule has 0 radical (unpaired) electrons. The van der Waals surface area contributed by atoms with E-state index >= 15 is 0 Å². The molecule has 0 spiro atoms. The SMILES string of the molecule is Cc1cn([C@H]2C[C@H](C)[C@@H](C(CS[C@@H]3OC(n4c(=O)[nH]cc(C)c4=O)CC3O)O[Si](c3ccccc3)(c3ccccc3)C(C)(C)C)O2)c(=O)[nH]c1=O. The van der Waals surface area contributed by atoms with Crippen molar-refractivity contribution in [2.24, 2.45) is 5.92 Å². The van der Waals surface area contributed by atoms with Crippen molar-refractivity contribution < 1.29 is 19.0 Å². The summed E-state index contributed by atoms with van der Waals surface area (Å²) in [6, 6.07) is 20.5. The molecule has 2 aliphatic heterocycles. The Balaban J connectivity index is 1.38. The van der Waals surface area contributed by atoms with Crippen LogP contribution in [-0.2, 0) is 13.9 Å². The van der Waals surface area contributed by atoms with Crippen molar-refractivity contribution in [1.29, 1.82) is 0 Å². The lowest BCUT2D eigenvalue weighted by Crippen LogP contribution is -2.69. The maximum atomic E-state index is 13.0. The molecule has 0 bridgehead atoms.